The molecule has 0 radical (unpaired) electrons. The van der Waals surface area contributed by atoms with E-state index in [2.05, 4.69) is 55.6 Å². The number of hydrogen-bond acceptors (Lipinski definition) is 2. The van der Waals surface area contributed by atoms with Crippen molar-refractivity contribution in [2.24, 2.45) is 23.2 Å². The average molecular weight is 494 g/mol. The van der Waals surface area contributed by atoms with E-state index in [1.165, 1.54) is 48.8 Å². The van der Waals surface area contributed by atoms with Gasteiger partial charge >= 0.3 is 0 Å². The summed E-state index contributed by atoms with van der Waals surface area (Å²) >= 11 is 5.77. The molecule has 1 N–H and O–H groups in total. The van der Waals surface area contributed by atoms with E-state index in [1.807, 2.05) is 6.07 Å². The zero-order chi connectivity index (χ0) is 24.4. The number of halogens is 1. The Morgan fingerprint density at radius 2 is 1.97 bits per heavy atom. The number of nitrogens with one attached hydrogen (secondary N) is 1. The van der Waals surface area contributed by atoms with E-state index in [-0.39, 0.29) is 5.91 Å². The summed E-state index contributed by atoms with van der Waals surface area (Å²) in [7, 11) is 0. The molecule has 3 aliphatic carbocycles. The van der Waals surface area contributed by atoms with Crippen molar-refractivity contribution < 1.29 is 9.53 Å². The predicted octanol–water partition coefficient (Wildman–Crippen LogP) is 7.05. The highest BCUT2D eigenvalue weighted by Gasteiger charge is 2.54. The lowest BCUT2D eigenvalue weighted by atomic mass is 9.54. The minimum Gasteiger partial charge on any atom is -0.489 e. The number of aryl methyl sites for hydroxylation is 2. The van der Waals surface area contributed by atoms with E-state index in [0.717, 1.165) is 30.4 Å². The van der Waals surface area contributed by atoms with Crippen LogP contribution in [0.15, 0.2) is 42.5 Å². The maximum atomic E-state index is 12.5. The van der Waals surface area contributed by atoms with E-state index >= 15 is 0 Å². The van der Waals surface area contributed by atoms with Crippen LogP contribution in [0.4, 0.5) is 0 Å². The Morgan fingerprint density at radius 3 is 2.74 bits per heavy atom. The van der Waals surface area contributed by atoms with Gasteiger partial charge in [0.2, 0.25) is 5.91 Å². The van der Waals surface area contributed by atoms with Crippen LogP contribution in [-0.4, -0.2) is 18.3 Å². The maximum Gasteiger partial charge on any atom is 0.220 e. The number of carbonyl (C=O) groups excluding carboxylic acids is 1. The van der Waals surface area contributed by atoms with Gasteiger partial charge in [-0.15, -0.1) is 11.6 Å². The van der Waals surface area contributed by atoms with Crippen molar-refractivity contribution in [3.8, 4) is 5.75 Å². The van der Waals surface area contributed by atoms with Crippen molar-refractivity contribution in [3.05, 3.63) is 64.7 Å². The molecule has 0 aromatic heterocycles. The Bertz CT molecular complexity index is 1040. The molecule has 1 amide bonds. The highest BCUT2D eigenvalue weighted by atomic mass is 35.5. The first-order valence-corrected chi connectivity index (χ1v) is 14.2. The molecule has 2 aromatic rings. The van der Waals surface area contributed by atoms with Crippen molar-refractivity contribution in [2.75, 3.05) is 12.4 Å². The Balaban J connectivity index is 1.32. The van der Waals surface area contributed by atoms with Crippen LogP contribution in [0.25, 0.3) is 0 Å². The summed E-state index contributed by atoms with van der Waals surface area (Å²) in [6.07, 6.45) is 9.03. The van der Waals surface area contributed by atoms with Gasteiger partial charge in [-0.05, 0) is 102 Å². The third-order valence-electron chi connectivity index (χ3n) is 9.57. The molecule has 4 heteroatoms. The maximum absolute atomic E-state index is 12.5. The van der Waals surface area contributed by atoms with E-state index in [0.29, 0.717) is 42.7 Å². The normalized spacial score (nSPS) is 29.1. The zero-order valence-corrected chi connectivity index (χ0v) is 22.1. The molecule has 3 aliphatic rings. The van der Waals surface area contributed by atoms with Gasteiger partial charge in [0.05, 0.1) is 0 Å². The second-order valence-corrected chi connectivity index (χ2v) is 11.6. The molecule has 0 bridgehead atoms. The number of benzene rings is 2. The largest absolute Gasteiger partial charge is 0.489 e. The molecule has 0 heterocycles. The Morgan fingerprint density at radius 1 is 1.14 bits per heavy atom. The van der Waals surface area contributed by atoms with Gasteiger partial charge in [-0.3, -0.25) is 4.79 Å². The zero-order valence-electron chi connectivity index (χ0n) is 21.3. The lowest BCUT2D eigenvalue weighted by molar-refractivity contribution is -0.123. The van der Waals surface area contributed by atoms with Crippen molar-refractivity contribution in [1.82, 2.24) is 5.32 Å². The lowest BCUT2D eigenvalue weighted by Crippen LogP contribution is -2.43. The molecule has 0 saturated heterocycles. The fourth-order valence-corrected chi connectivity index (χ4v) is 7.81. The first kappa shape index (κ1) is 24.7. The van der Waals surface area contributed by atoms with Gasteiger partial charge < -0.3 is 10.1 Å². The molecule has 2 saturated carbocycles. The lowest BCUT2D eigenvalue weighted by Gasteiger charge is -2.51. The number of ether oxygens (including phenoxy) is 1. The van der Waals surface area contributed by atoms with Gasteiger partial charge in [-0.2, -0.15) is 0 Å². The van der Waals surface area contributed by atoms with Gasteiger partial charge in [-0.1, -0.05) is 50.2 Å². The highest BCUT2D eigenvalue weighted by Crippen LogP contribution is 2.63. The first-order valence-electron chi connectivity index (χ1n) is 13.7. The van der Waals surface area contributed by atoms with Gasteiger partial charge in [-0.25, -0.2) is 0 Å². The monoisotopic (exact) mass is 493 g/mol. The molecule has 0 aliphatic heterocycles. The van der Waals surface area contributed by atoms with Crippen LogP contribution in [0.2, 0.25) is 0 Å². The Hall–Kier alpha value is -2.00. The molecular weight excluding hydrogens is 454 g/mol. The number of hydrogen-bond donors (Lipinski definition) is 1. The standard InChI is InChI=1S/C31H40ClNO2/c1-3-22-17-27-23(18-29(22)35-20-21-7-5-4-6-8-21)9-11-26-25(27)13-14-31(2)24(10-12-28(26)31)19-30(34)33-16-15-32/h4-8,17-18,24-26,28H,3,9-16,19-20H2,1-2H3,(H,33,34)/t24-,25?,26?,28?,31-/m1/s1. The quantitative estimate of drug-likeness (QED) is 0.400. The summed E-state index contributed by atoms with van der Waals surface area (Å²) in [6.45, 7) is 5.94. The van der Waals surface area contributed by atoms with Crippen LogP contribution in [0.3, 0.4) is 0 Å². The van der Waals surface area contributed by atoms with E-state index < -0.39 is 0 Å². The Labute approximate surface area is 216 Å². The van der Waals surface area contributed by atoms with Crippen molar-refractivity contribution >= 4 is 17.5 Å². The second kappa shape index (κ2) is 10.5. The second-order valence-electron chi connectivity index (χ2n) is 11.3. The molecule has 2 fully saturated rings. The molecule has 3 nitrogen and oxygen atoms in total. The summed E-state index contributed by atoms with van der Waals surface area (Å²) < 4.78 is 6.33. The van der Waals surface area contributed by atoms with Crippen LogP contribution in [0.1, 0.15) is 80.5 Å². The van der Waals surface area contributed by atoms with E-state index in [1.54, 1.807) is 5.56 Å². The predicted molar refractivity (Wildman–Crippen MR) is 143 cm³/mol. The Kier molecular flexibility index (Phi) is 7.44. The average Bonchev–Trinajstić information content (AvgIpc) is 3.21. The molecule has 2 aromatic carbocycles. The summed E-state index contributed by atoms with van der Waals surface area (Å²) in [4.78, 5) is 12.5. The molecule has 3 unspecified atom stereocenters. The van der Waals surface area contributed by atoms with Crippen LogP contribution in [0.5, 0.6) is 5.75 Å². The van der Waals surface area contributed by atoms with Crippen LogP contribution in [0, 0.1) is 23.2 Å². The van der Waals surface area contributed by atoms with Gasteiger partial charge in [0, 0.05) is 18.8 Å². The third-order valence-corrected chi connectivity index (χ3v) is 9.76. The number of amides is 1. The molecule has 0 spiro atoms. The summed E-state index contributed by atoms with van der Waals surface area (Å²) in [5.41, 5.74) is 5.95. The highest BCUT2D eigenvalue weighted by molar-refractivity contribution is 6.18. The molecule has 188 valence electrons. The van der Waals surface area contributed by atoms with Crippen LogP contribution in [-0.2, 0) is 24.2 Å². The smallest absolute Gasteiger partial charge is 0.220 e. The minimum absolute atomic E-state index is 0.184. The summed E-state index contributed by atoms with van der Waals surface area (Å²) in [5, 5.41) is 3.00. The minimum atomic E-state index is 0.184. The van der Waals surface area contributed by atoms with Crippen molar-refractivity contribution in [2.45, 2.75) is 77.7 Å². The van der Waals surface area contributed by atoms with E-state index in [9.17, 15) is 4.79 Å². The van der Waals surface area contributed by atoms with Crippen molar-refractivity contribution in [3.63, 3.8) is 0 Å². The van der Waals surface area contributed by atoms with Gasteiger partial charge in [0.25, 0.3) is 0 Å². The number of alkyl halides is 1. The van der Waals surface area contributed by atoms with Crippen LogP contribution >= 0.6 is 11.6 Å². The van der Waals surface area contributed by atoms with Gasteiger partial charge in [0.15, 0.2) is 0 Å². The molecular formula is C31H40ClNO2. The third kappa shape index (κ3) is 4.86. The number of fused-ring (bicyclic) bond motifs is 5. The SMILES string of the molecule is CCc1cc2c(cc1OCc1ccccc1)CCC1C2CC[C@@]2(C)C1CC[C@@H]2CC(=O)NCCCl. The first-order chi connectivity index (χ1) is 17.0. The fourth-order valence-electron chi connectivity index (χ4n) is 7.72. The van der Waals surface area contributed by atoms with Crippen molar-refractivity contribution in [1.29, 1.82) is 0 Å². The fraction of sp³-hybridized carbons (Fsp3) is 0.581. The summed E-state index contributed by atoms with van der Waals surface area (Å²) in [5.74, 6) is 4.39. The number of carbonyl (C=O) groups is 1. The topological polar surface area (TPSA) is 38.3 Å². The molecule has 5 atom stereocenters. The summed E-state index contributed by atoms with van der Waals surface area (Å²) in [6, 6.07) is 15.3. The van der Waals surface area contributed by atoms with E-state index in [4.69, 9.17) is 16.3 Å². The molecule has 5 rings (SSSR count). The van der Waals surface area contributed by atoms with Gasteiger partial charge in [0.1, 0.15) is 12.4 Å². The van der Waals surface area contributed by atoms with Crippen LogP contribution < -0.4 is 10.1 Å². The number of rotatable bonds is 8. The molecule has 35 heavy (non-hydrogen) atoms.